The van der Waals surface area contributed by atoms with E-state index in [1.807, 2.05) is 43.3 Å². The third kappa shape index (κ3) is 19.1. The van der Waals surface area contributed by atoms with Crippen LogP contribution in [0.5, 0.6) is 0 Å². The second-order valence-electron chi connectivity index (χ2n) is 20.0. The van der Waals surface area contributed by atoms with Gasteiger partial charge in [-0.1, -0.05) is 187 Å². The number of hydrogen-bond acceptors (Lipinski definition) is 10. The molecule has 4 aromatic carbocycles. The van der Waals surface area contributed by atoms with Crippen molar-refractivity contribution in [2.45, 2.75) is 136 Å². The molecule has 6 unspecified atom stereocenters. The lowest BCUT2D eigenvalue weighted by atomic mass is 9.81. The van der Waals surface area contributed by atoms with Crippen molar-refractivity contribution >= 4 is 33.7 Å². The van der Waals surface area contributed by atoms with Gasteiger partial charge in [-0.2, -0.15) is 8.42 Å². The first-order valence-electron chi connectivity index (χ1n) is 26.4. The fraction of sp³-hybridized carbons (Fsp3) is 0.525. The summed E-state index contributed by atoms with van der Waals surface area (Å²) in [4.78, 5) is 35.0. The molecule has 0 aromatic heterocycles. The van der Waals surface area contributed by atoms with Crippen molar-refractivity contribution in [1.82, 2.24) is 4.90 Å². The van der Waals surface area contributed by atoms with Crippen molar-refractivity contribution < 1.29 is 36.2 Å². The minimum absolute atomic E-state index is 0.0310. The predicted molar refractivity (Wildman–Crippen MR) is 290 cm³/mol. The summed E-state index contributed by atoms with van der Waals surface area (Å²) in [6.07, 6.45) is 12.0. The highest BCUT2D eigenvalue weighted by Gasteiger charge is 2.49. The Bertz CT molecular complexity index is 2310. The van der Waals surface area contributed by atoms with Crippen LogP contribution in [0.25, 0.3) is 0 Å². The number of carbonyl (C=O) groups is 2. The molecular weight excluding hydrogens is 925 g/mol. The fourth-order valence-electron chi connectivity index (χ4n) is 9.50. The monoisotopic (exact) mass is 1010 g/mol. The number of carboxylic acids is 1. The number of benzene rings is 4. The van der Waals surface area contributed by atoms with Gasteiger partial charge in [-0.3, -0.25) is 19.6 Å². The maximum absolute atomic E-state index is 12.2. The summed E-state index contributed by atoms with van der Waals surface area (Å²) in [7, 11) is -3.61. The number of amides is 1. The Kier molecular flexibility index (Phi) is 23.3. The smallest absolute Gasteiger partial charge is 0.400 e. The van der Waals surface area contributed by atoms with E-state index in [4.69, 9.17) is 15.5 Å². The van der Waals surface area contributed by atoms with Gasteiger partial charge in [-0.25, -0.2) is 8.37 Å². The van der Waals surface area contributed by atoms with E-state index in [0.717, 1.165) is 42.6 Å². The molecule has 2 saturated heterocycles. The fourth-order valence-corrected chi connectivity index (χ4v) is 10.4. The first-order chi connectivity index (χ1) is 34.6. The van der Waals surface area contributed by atoms with Gasteiger partial charge in [0, 0.05) is 53.8 Å². The summed E-state index contributed by atoms with van der Waals surface area (Å²) in [6, 6.07) is 41.7. The number of hydrogen-bond donors (Lipinski definition) is 2. The summed E-state index contributed by atoms with van der Waals surface area (Å²) < 4.78 is 34.7. The number of nitrogens with zero attached hydrogens (tertiary/aromatic N) is 3. The Morgan fingerprint density at radius 2 is 1.18 bits per heavy atom. The molecule has 392 valence electrons. The molecule has 12 nitrogen and oxygen atoms in total. The predicted octanol–water partition coefficient (Wildman–Crippen LogP) is 11.4. The van der Waals surface area contributed by atoms with E-state index in [1.165, 1.54) is 67.2 Å². The van der Waals surface area contributed by atoms with Crippen LogP contribution in [0.1, 0.15) is 141 Å². The third-order valence-corrected chi connectivity index (χ3v) is 15.2. The molecular formula is C59H82N4O8S. The second kappa shape index (κ2) is 29.0. The maximum atomic E-state index is 12.2. The van der Waals surface area contributed by atoms with E-state index < -0.39 is 22.3 Å². The van der Waals surface area contributed by atoms with Crippen LogP contribution < -0.4 is 5.73 Å². The molecule has 3 N–H and O–H groups in total. The van der Waals surface area contributed by atoms with E-state index >= 15 is 0 Å². The Hall–Kier alpha value is -5.05. The minimum atomic E-state index is -3.61. The Balaban J connectivity index is 0.000000175. The summed E-state index contributed by atoms with van der Waals surface area (Å²) in [5, 5.41) is 9.36. The maximum Gasteiger partial charge on any atom is 0.400 e. The van der Waals surface area contributed by atoms with Crippen molar-refractivity contribution in [2.75, 3.05) is 39.5 Å². The molecule has 72 heavy (non-hydrogen) atoms. The zero-order chi connectivity index (χ0) is 52.0. The van der Waals surface area contributed by atoms with Gasteiger partial charge in [0.05, 0.1) is 42.7 Å². The van der Waals surface area contributed by atoms with Gasteiger partial charge in [0.25, 0.3) is 0 Å². The van der Waals surface area contributed by atoms with Crippen molar-refractivity contribution in [3.8, 4) is 0 Å². The van der Waals surface area contributed by atoms with Crippen LogP contribution in [-0.2, 0) is 33.1 Å². The number of aliphatic carboxylic acids is 1. The molecule has 0 radical (unpaired) electrons. The van der Waals surface area contributed by atoms with E-state index in [2.05, 4.69) is 133 Å². The lowest BCUT2D eigenvalue weighted by Gasteiger charge is -2.29. The molecule has 2 aliphatic heterocycles. The van der Waals surface area contributed by atoms with Crippen LogP contribution >= 0.6 is 0 Å². The van der Waals surface area contributed by atoms with E-state index in [0.29, 0.717) is 45.1 Å². The number of ether oxygens (including phenoxy) is 1. The molecule has 1 amide bonds. The Morgan fingerprint density at radius 1 is 0.708 bits per heavy atom. The van der Waals surface area contributed by atoms with Gasteiger partial charge < -0.3 is 20.5 Å². The average Bonchev–Trinajstić information content (AvgIpc) is 4.22. The van der Waals surface area contributed by atoms with Crippen LogP contribution in [0.2, 0.25) is 0 Å². The van der Waals surface area contributed by atoms with Crippen LogP contribution in [0, 0.1) is 23.7 Å². The van der Waals surface area contributed by atoms with Crippen molar-refractivity contribution in [3.63, 3.8) is 0 Å². The highest BCUT2D eigenvalue weighted by molar-refractivity contribution is 7.82. The average molecular weight is 1010 g/mol. The Morgan fingerprint density at radius 3 is 1.53 bits per heavy atom. The van der Waals surface area contributed by atoms with Gasteiger partial charge >= 0.3 is 16.4 Å². The Labute approximate surface area is 431 Å². The molecule has 3 saturated carbocycles. The standard InChI is InChI=1S/C19H21N.C15H25NO4.C15H15N.C6H13N.C4H8O4S/c1-3-17-14-19(17,2)20-18(15-10-6-4-7-11-15)16-12-8-5-9-13-16;17-14(16-6-8-20-9-7-16)11-13(15(18)19)10-12-4-2-1-3-5-12;1-2-16-15(13-9-5-3-6-10-13)14-11-7-4-8-12-14;1-3-5-4-6(5,2)7;1-2-4-3-7-9(5,6)8-4/h4-13,17H,3,14H2,1-2H3;12-13H,1-11H2,(H,18,19);3-12H,2H2,1H3;5H,3-4,7H2,1-2H3;4H,2-3H2,1H3. The lowest BCUT2D eigenvalue weighted by Crippen LogP contribution is -2.42. The van der Waals surface area contributed by atoms with E-state index in [1.54, 1.807) is 4.90 Å². The number of aliphatic imine (C=N–C) groups is 2. The third-order valence-electron chi connectivity index (χ3n) is 14.3. The van der Waals surface area contributed by atoms with Crippen molar-refractivity contribution in [1.29, 1.82) is 0 Å². The summed E-state index contributed by atoms with van der Waals surface area (Å²) in [5.74, 6) is 0.682. The quantitative estimate of drug-likeness (QED) is 0.117. The molecule has 3 aliphatic carbocycles. The van der Waals surface area contributed by atoms with Gasteiger partial charge in [0.1, 0.15) is 6.10 Å². The zero-order valence-electron chi connectivity index (χ0n) is 43.8. The summed E-state index contributed by atoms with van der Waals surface area (Å²) in [6.45, 7) is 16.0. The first kappa shape index (κ1) is 57.8. The van der Waals surface area contributed by atoms with Crippen LogP contribution in [0.15, 0.2) is 131 Å². The van der Waals surface area contributed by atoms with Crippen molar-refractivity contribution in [2.24, 2.45) is 39.4 Å². The normalized spacial score (nSPS) is 24.0. The minimum Gasteiger partial charge on any atom is -0.481 e. The molecule has 0 bridgehead atoms. The lowest BCUT2D eigenvalue weighted by molar-refractivity contribution is -0.148. The van der Waals surface area contributed by atoms with Gasteiger partial charge in [-0.15, -0.1) is 0 Å². The first-order valence-corrected chi connectivity index (χ1v) is 27.8. The highest BCUT2D eigenvalue weighted by Crippen LogP contribution is 2.49. The molecule has 13 heteroatoms. The van der Waals surface area contributed by atoms with E-state index in [-0.39, 0.29) is 36.1 Å². The number of nitrogens with two attached hydrogens (primary N) is 1. The van der Waals surface area contributed by atoms with Crippen LogP contribution in [0.4, 0.5) is 0 Å². The summed E-state index contributed by atoms with van der Waals surface area (Å²) >= 11 is 0. The second-order valence-corrected chi connectivity index (χ2v) is 21.3. The van der Waals surface area contributed by atoms with E-state index in [9.17, 15) is 23.1 Å². The molecule has 9 rings (SSSR count). The molecule has 0 spiro atoms. The molecule has 6 atom stereocenters. The highest BCUT2D eigenvalue weighted by atomic mass is 32.3. The molecule has 2 heterocycles. The van der Waals surface area contributed by atoms with Gasteiger partial charge in [0.15, 0.2) is 0 Å². The van der Waals surface area contributed by atoms with Gasteiger partial charge in [-0.05, 0) is 64.2 Å². The number of morpholine rings is 1. The van der Waals surface area contributed by atoms with Gasteiger partial charge in [0.2, 0.25) is 5.91 Å². The van der Waals surface area contributed by atoms with Crippen molar-refractivity contribution in [3.05, 3.63) is 144 Å². The number of carboxylic acid groups (broad SMARTS) is 1. The molecule has 5 aliphatic rings. The number of carbonyl (C=O) groups excluding carboxylic acids is 1. The molecule has 4 aromatic rings. The van der Waals surface area contributed by atoms with Crippen LogP contribution in [0.3, 0.4) is 0 Å². The van der Waals surface area contributed by atoms with Crippen LogP contribution in [-0.4, -0.2) is 98.4 Å². The largest absolute Gasteiger partial charge is 0.481 e. The topological polar surface area (TPSA) is 170 Å². The molecule has 5 fully saturated rings. The SMILES string of the molecule is CCC1CC1(C)N.CCC1CC1(C)N=C(c1ccccc1)c1ccccc1.CCC1COS(=O)(=O)O1.CCN=C(c1ccccc1)c1ccccc1.O=C(O)C(CC(=O)N1CCOCC1)CC1CCCCC1. The zero-order valence-corrected chi connectivity index (χ0v) is 44.6. The summed E-state index contributed by atoms with van der Waals surface area (Å²) in [5.41, 5.74) is 13.0. The number of rotatable bonds is 14.